The lowest BCUT2D eigenvalue weighted by molar-refractivity contribution is -0.117. The highest BCUT2D eigenvalue weighted by Crippen LogP contribution is 2.31. The minimum Gasteiger partial charge on any atom is -0.294 e. The van der Waals surface area contributed by atoms with Gasteiger partial charge in [-0.15, -0.1) is 0 Å². The van der Waals surface area contributed by atoms with E-state index < -0.39 is 0 Å². The zero-order valence-corrected chi connectivity index (χ0v) is 12.9. The van der Waals surface area contributed by atoms with Crippen molar-refractivity contribution in [3.05, 3.63) is 30.1 Å². The Bertz CT molecular complexity index is 641. The molecular weight excluding hydrogens is 262 g/mol. The zero-order valence-electron chi connectivity index (χ0n) is 12.9. The highest BCUT2D eigenvalue weighted by Gasteiger charge is 2.29. The van der Waals surface area contributed by atoms with Gasteiger partial charge in [0.15, 0.2) is 0 Å². The molecule has 2 aromatic rings. The average molecular weight is 285 g/mol. The maximum absolute atomic E-state index is 12.3. The number of carbonyl (C=O) groups is 1. The van der Waals surface area contributed by atoms with Crippen molar-refractivity contribution in [2.24, 2.45) is 0 Å². The van der Waals surface area contributed by atoms with Crippen molar-refractivity contribution < 1.29 is 4.79 Å². The normalized spacial score (nSPS) is 16.3. The molecule has 0 unspecified atom stereocenters. The van der Waals surface area contributed by atoms with Crippen molar-refractivity contribution in [1.29, 1.82) is 0 Å². The number of aryl methyl sites for hydroxylation is 1. The van der Waals surface area contributed by atoms with E-state index in [0.29, 0.717) is 6.04 Å². The van der Waals surface area contributed by atoms with Crippen molar-refractivity contribution in [1.82, 2.24) is 9.38 Å². The molecule has 3 rings (SSSR count). The van der Waals surface area contributed by atoms with Gasteiger partial charge in [-0.25, -0.2) is 4.98 Å². The number of amides is 1. The molecule has 1 saturated carbocycles. The molecule has 112 valence electrons. The van der Waals surface area contributed by atoms with Gasteiger partial charge in [-0.05, 0) is 31.4 Å². The van der Waals surface area contributed by atoms with Crippen molar-refractivity contribution in [3.8, 4) is 0 Å². The van der Waals surface area contributed by atoms with Gasteiger partial charge in [-0.3, -0.25) is 14.1 Å². The van der Waals surface area contributed by atoms with E-state index in [1.165, 1.54) is 19.3 Å². The van der Waals surface area contributed by atoms with Crippen LogP contribution in [0.3, 0.4) is 0 Å². The number of anilines is 1. The van der Waals surface area contributed by atoms with Crippen LogP contribution in [0.1, 0.15) is 51.6 Å². The molecule has 0 atom stereocenters. The lowest BCUT2D eigenvalue weighted by Crippen LogP contribution is -2.41. The van der Waals surface area contributed by atoms with E-state index in [1.807, 2.05) is 29.3 Å². The first kappa shape index (κ1) is 14.1. The van der Waals surface area contributed by atoms with E-state index in [9.17, 15) is 4.79 Å². The second kappa shape index (κ2) is 5.88. The molecule has 2 aromatic heterocycles. The first-order valence-electron chi connectivity index (χ1n) is 7.98. The van der Waals surface area contributed by atoms with Crippen LogP contribution in [0.4, 0.5) is 5.82 Å². The molecule has 0 bridgehead atoms. The quantitative estimate of drug-likeness (QED) is 0.864. The molecule has 0 aromatic carbocycles. The van der Waals surface area contributed by atoms with Crippen LogP contribution in [0.15, 0.2) is 24.4 Å². The van der Waals surface area contributed by atoms with Crippen LogP contribution in [0.25, 0.3) is 5.65 Å². The van der Waals surface area contributed by atoms with Gasteiger partial charge in [0.05, 0.1) is 5.69 Å². The second-order valence-corrected chi connectivity index (χ2v) is 5.85. The smallest absolute Gasteiger partial charge is 0.225 e. The molecule has 0 spiro atoms. The summed E-state index contributed by atoms with van der Waals surface area (Å²) in [7, 11) is 0. The maximum atomic E-state index is 12.3. The Morgan fingerprint density at radius 3 is 2.76 bits per heavy atom. The summed E-state index contributed by atoms with van der Waals surface area (Å²) >= 11 is 0. The van der Waals surface area contributed by atoms with Crippen LogP contribution in [0.2, 0.25) is 0 Å². The predicted octanol–water partition coefficient (Wildman–Crippen LogP) is 3.58. The minimum absolute atomic E-state index is 0.127. The van der Waals surface area contributed by atoms with Crippen LogP contribution in [0, 0.1) is 0 Å². The fraction of sp³-hybridized carbons (Fsp3) is 0.529. The Morgan fingerprint density at radius 1 is 1.33 bits per heavy atom. The van der Waals surface area contributed by atoms with E-state index in [-0.39, 0.29) is 5.91 Å². The van der Waals surface area contributed by atoms with E-state index in [2.05, 4.69) is 11.3 Å². The highest BCUT2D eigenvalue weighted by atomic mass is 16.2. The van der Waals surface area contributed by atoms with Gasteiger partial charge >= 0.3 is 0 Å². The molecule has 1 fully saturated rings. The number of imidazole rings is 1. The number of aromatic nitrogens is 2. The van der Waals surface area contributed by atoms with Gasteiger partial charge in [0.2, 0.25) is 5.91 Å². The molecule has 0 saturated heterocycles. The summed E-state index contributed by atoms with van der Waals surface area (Å²) in [5, 5.41) is 0. The van der Waals surface area contributed by atoms with Crippen molar-refractivity contribution in [2.75, 3.05) is 4.90 Å². The molecule has 21 heavy (non-hydrogen) atoms. The van der Waals surface area contributed by atoms with Crippen LogP contribution < -0.4 is 4.90 Å². The van der Waals surface area contributed by atoms with Gasteiger partial charge in [0.25, 0.3) is 0 Å². The van der Waals surface area contributed by atoms with E-state index in [4.69, 9.17) is 4.98 Å². The summed E-state index contributed by atoms with van der Waals surface area (Å²) in [6.07, 6.45) is 8.77. The first-order valence-corrected chi connectivity index (χ1v) is 7.98. The minimum atomic E-state index is 0.127. The fourth-order valence-electron chi connectivity index (χ4n) is 3.44. The largest absolute Gasteiger partial charge is 0.294 e. The van der Waals surface area contributed by atoms with Crippen LogP contribution in [0.5, 0.6) is 0 Å². The van der Waals surface area contributed by atoms with Crippen LogP contribution >= 0.6 is 0 Å². The summed E-state index contributed by atoms with van der Waals surface area (Å²) in [5.41, 5.74) is 1.94. The third kappa shape index (κ3) is 2.55. The number of carbonyl (C=O) groups excluding carboxylic acids is 1. The summed E-state index contributed by atoms with van der Waals surface area (Å²) in [4.78, 5) is 19.0. The number of pyridine rings is 1. The topological polar surface area (TPSA) is 37.6 Å². The van der Waals surface area contributed by atoms with Crippen molar-refractivity contribution in [2.45, 2.75) is 58.4 Å². The Labute approximate surface area is 125 Å². The Hall–Kier alpha value is -1.84. The summed E-state index contributed by atoms with van der Waals surface area (Å²) in [6, 6.07) is 6.31. The van der Waals surface area contributed by atoms with Crippen molar-refractivity contribution >= 4 is 17.4 Å². The van der Waals surface area contributed by atoms with Gasteiger partial charge in [-0.2, -0.15) is 0 Å². The molecule has 1 aliphatic rings. The van der Waals surface area contributed by atoms with Crippen molar-refractivity contribution in [3.63, 3.8) is 0 Å². The van der Waals surface area contributed by atoms with Gasteiger partial charge in [0, 0.05) is 19.2 Å². The average Bonchev–Trinajstić information content (AvgIpc) is 2.87. The third-order valence-corrected chi connectivity index (χ3v) is 4.42. The molecule has 4 nitrogen and oxygen atoms in total. The number of hydrogen-bond donors (Lipinski definition) is 0. The van der Waals surface area contributed by atoms with Gasteiger partial charge in [-0.1, -0.05) is 32.3 Å². The molecular formula is C17H23N3O. The first-order chi connectivity index (χ1) is 10.2. The molecule has 4 heteroatoms. The molecule has 2 heterocycles. The summed E-state index contributed by atoms with van der Waals surface area (Å²) < 4.78 is 2.06. The Balaban J connectivity index is 2.12. The molecule has 0 radical (unpaired) electrons. The summed E-state index contributed by atoms with van der Waals surface area (Å²) in [6.45, 7) is 3.78. The SMILES string of the molecule is CCc1nc2ccccn2c1N(C(C)=O)C1CCCCC1. The number of fused-ring (bicyclic) bond motifs is 1. The monoisotopic (exact) mass is 285 g/mol. The lowest BCUT2D eigenvalue weighted by Gasteiger charge is -2.33. The summed E-state index contributed by atoms with van der Waals surface area (Å²) in [5.74, 6) is 1.11. The van der Waals surface area contributed by atoms with Crippen LogP contribution in [-0.2, 0) is 11.2 Å². The maximum Gasteiger partial charge on any atom is 0.225 e. The molecule has 1 amide bonds. The Morgan fingerprint density at radius 2 is 2.10 bits per heavy atom. The standard InChI is InChI=1S/C17H23N3O/c1-3-15-17(19-12-8-7-11-16(19)18-15)20(13(2)21)14-9-5-4-6-10-14/h7-8,11-12,14H,3-6,9-10H2,1-2H3. The van der Waals surface area contributed by atoms with E-state index in [1.54, 1.807) is 6.92 Å². The highest BCUT2D eigenvalue weighted by molar-refractivity contribution is 5.92. The third-order valence-electron chi connectivity index (χ3n) is 4.42. The number of rotatable bonds is 3. The van der Waals surface area contributed by atoms with Gasteiger partial charge in [0.1, 0.15) is 11.5 Å². The molecule has 0 aliphatic heterocycles. The van der Waals surface area contributed by atoms with E-state index >= 15 is 0 Å². The fourth-order valence-corrected chi connectivity index (χ4v) is 3.44. The van der Waals surface area contributed by atoms with E-state index in [0.717, 1.165) is 36.4 Å². The molecule has 0 N–H and O–H groups in total. The molecule has 1 aliphatic carbocycles. The number of hydrogen-bond acceptors (Lipinski definition) is 2. The number of nitrogens with zero attached hydrogens (tertiary/aromatic N) is 3. The lowest BCUT2D eigenvalue weighted by atomic mass is 9.94. The Kier molecular flexibility index (Phi) is 3.95. The van der Waals surface area contributed by atoms with Gasteiger partial charge < -0.3 is 0 Å². The second-order valence-electron chi connectivity index (χ2n) is 5.85. The van der Waals surface area contributed by atoms with Crippen LogP contribution in [-0.4, -0.2) is 21.3 Å². The zero-order chi connectivity index (χ0) is 14.8. The predicted molar refractivity (Wildman–Crippen MR) is 84.6 cm³/mol.